The van der Waals surface area contributed by atoms with Crippen molar-refractivity contribution in [3.63, 3.8) is 0 Å². The zero-order valence-electron chi connectivity index (χ0n) is 14.3. The Labute approximate surface area is 139 Å². The molecule has 0 fully saturated rings. The fraction of sp³-hybridized carbons (Fsp3) is 0.294. The van der Waals surface area contributed by atoms with Crippen molar-refractivity contribution in [2.45, 2.75) is 34.6 Å². The standard InChI is InChI=1S/C9H11NO2.C8H9NO3/c1-6-4-9(10(11)12)5-7(2)8(6)3;1-5-3-7(9(11)12)4-6(2)8(5)10/h4-5H,1-3H3;3-4,10H,1-2H3. The van der Waals surface area contributed by atoms with Crippen LogP contribution in [-0.2, 0) is 0 Å². The molecule has 24 heavy (non-hydrogen) atoms. The number of nitro benzene ring substituents is 2. The second-order valence-corrected chi connectivity index (χ2v) is 5.65. The van der Waals surface area contributed by atoms with Gasteiger partial charge in [0, 0.05) is 24.3 Å². The Hall–Kier alpha value is -2.96. The second kappa shape index (κ2) is 7.54. The number of aryl methyl sites for hydroxylation is 4. The van der Waals surface area contributed by atoms with Gasteiger partial charge < -0.3 is 5.11 Å². The lowest BCUT2D eigenvalue weighted by Crippen LogP contribution is -1.92. The van der Waals surface area contributed by atoms with Gasteiger partial charge in [0.15, 0.2) is 0 Å². The van der Waals surface area contributed by atoms with Gasteiger partial charge in [-0.1, -0.05) is 0 Å². The van der Waals surface area contributed by atoms with Crippen LogP contribution in [0.25, 0.3) is 0 Å². The van der Waals surface area contributed by atoms with Crippen molar-refractivity contribution in [3.8, 4) is 5.75 Å². The molecule has 0 aliphatic carbocycles. The van der Waals surface area contributed by atoms with Gasteiger partial charge in [-0.05, 0) is 62.4 Å². The van der Waals surface area contributed by atoms with E-state index >= 15 is 0 Å². The number of rotatable bonds is 2. The molecule has 0 heterocycles. The molecule has 0 aliphatic heterocycles. The molecule has 0 aromatic heterocycles. The quantitative estimate of drug-likeness (QED) is 0.646. The predicted octanol–water partition coefficient (Wildman–Crippen LogP) is 4.44. The van der Waals surface area contributed by atoms with Crippen molar-refractivity contribution >= 4 is 11.4 Å². The molecule has 0 aliphatic rings. The van der Waals surface area contributed by atoms with Crippen molar-refractivity contribution in [1.29, 1.82) is 0 Å². The molecule has 7 nitrogen and oxygen atoms in total. The molecule has 0 unspecified atom stereocenters. The van der Waals surface area contributed by atoms with E-state index in [0.29, 0.717) is 11.1 Å². The van der Waals surface area contributed by atoms with Crippen LogP contribution >= 0.6 is 0 Å². The molecule has 1 N–H and O–H groups in total. The molecule has 0 atom stereocenters. The molecule has 2 aromatic rings. The Bertz CT molecular complexity index is 686. The minimum Gasteiger partial charge on any atom is -0.507 e. The van der Waals surface area contributed by atoms with Crippen LogP contribution in [0.15, 0.2) is 24.3 Å². The van der Waals surface area contributed by atoms with E-state index in [1.165, 1.54) is 12.1 Å². The number of benzene rings is 2. The Balaban J connectivity index is 0.000000240. The highest BCUT2D eigenvalue weighted by atomic mass is 16.6. The molecule has 0 saturated heterocycles. The summed E-state index contributed by atoms with van der Waals surface area (Å²) in [5.74, 6) is 0.126. The predicted molar refractivity (Wildman–Crippen MR) is 91.5 cm³/mol. The van der Waals surface area contributed by atoms with Gasteiger partial charge in [-0.15, -0.1) is 0 Å². The molecular weight excluding hydrogens is 312 g/mol. The van der Waals surface area contributed by atoms with Gasteiger partial charge in [-0.25, -0.2) is 0 Å². The van der Waals surface area contributed by atoms with E-state index in [4.69, 9.17) is 0 Å². The topological polar surface area (TPSA) is 107 Å². The van der Waals surface area contributed by atoms with Gasteiger partial charge in [0.2, 0.25) is 0 Å². The summed E-state index contributed by atoms with van der Waals surface area (Å²) in [5.41, 5.74) is 4.32. The van der Waals surface area contributed by atoms with E-state index in [2.05, 4.69) is 0 Å². The Morgan fingerprint density at radius 2 is 1.00 bits per heavy atom. The number of phenolic OH excluding ortho intramolecular Hbond substituents is 1. The molecule has 2 rings (SSSR count). The second-order valence-electron chi connectivity index (χ2n) is 5.65. The lowest BCUT2D eigenvalue weighted by atomic mass is 10.0. The third-order valence-electron chi connectivity index (χ3n) is 3.81. The molecule has 0 radical (unpaired) electrons. The molecule has 0 saturated carbocycles. The summed E-state index contributed by atoms with van der Waals surface area (Å²) in [6.07, 6.45) is 0. The van der Waals surface area contributed by atoms with Gasteiger partial charge in [-0.3, -0.25) is 20.2 Å². The van der Waals surface area contributed by atoms with Crippen LogP contribution < -0.4 is 0 Å². The number of hydrogen-bond acceptors (Lipinski definition) is 5. The Morgan fingerprint density at radius 3 is 1.29 bits per heavy atom. The monoisotopic (exact) mass is 332 g/mol. The largest absolute Gasteiger partial charge is 0.507 e. The highest BCUT2D eigenvalue weighted by Gasteiger charge is 2.10. The minimum atomic E-state index is -0.473. The fourth-order valence-electron chi connectivity index (χ4n) is 2.16. The SMILES string of the molecule is Cc1cc([N+](=O)[O-])cc(C)c1C.Cc1cc([N+](=O)[O-])cc(C)c1O. The van der Waals surface area contributed by atoms with E-state index in [9.17, 15) is 25.3 Å². The molecular formula is C17H20N2O5. The number of nitro groups is 2. The van der Waals surface area contributed by atoms with Crippen molar-refractivity contribution in [2.24, 2.45) is 0 Å². The molecule has 0 amide bonds. The number of hydrogen-bond donors (Lipinski definition) is 1. The van der Waals surface area contributed by atoms with Crippen LogP contribution in [0.2, 0.25) is 0 Å². The average Bonchev–Trinajstić information content (AvgIpc) is 2.49. The zero-order valence-corrected chi connectivity index (χ0v) is 14.3. The molecule has 128 valence electrons. The summed E-state index contributed by atoms with van der Waals surface area (Å²) in [6, 6.07) is 5.90. The summed E-state index contributed by atoms with van der Waals surface area (Å²) >= 11 is 0. The highest BCUT2D eigenvalue weighted by Crippen LogP contribution is 2.26. The third-order valence-corrected chi connectivity index (χ3v) is 3.81. The minimum absolute atomic E-state index is 0.0165. The first-order valence-corrected chi connectivity index (χ1v) is 7.21. The summed E-state index contributed by atoms with van der Waals surface area (Å²) in [5, 5.41) is 30.1. The third kappa shape index (κ3) is 4.52. The smallest absolute Gasteiger partial charge is 0.270 e. The van der Waals surface area contributed by atoms with Gasteiger partial charge in [0.25, 0.3) is 11.4 Å². The first-order valence-electron chi connectivity index (χ1n) is 7.21. The normalized spacial score (nSPS) is 9.88. The molecule has 0 spiro atoms. The van der Waals surface area contributed by atoms with Crippen LogP contribution in [0.4, 0.5) is 11.4 Å². The Kier molecular flexibility index (Phi) is 6.00. The molecule has 7 heteroatoms. The number of non-ortho nitro benzene ring substituents is 2. The zero-order chi connectivity index (χ0) is 18.6. The van der Waals surface area contributed by atoms with Crippen LogP contribution in [-0.4, -0.2) is 15.0 Å². The fourth-order valence-corrected chi connectivity index (χ4v) is 2.16. The summed E-state index contributed by atoms with van der Waals surface area (Å²) in [6.45, 7) is 9.00. The molecule has 2 aromatic carbocycles. The van der Waals surface area contributed by atoms with Crippen molar-refractivity contribution in [1.82, 2.24) is 0 Å². The van der Waals surface area contributed by atoms with Crippen molar-refractivity contribution in [2.75, 3.05) is 0 Å². The summed E-state index contributed by atoms with van der Waals surface area (Å²) in [7, 11) is 0. The number of nitrogens with zero attached hydrogens (tertiary/aromatic N) is 2. The van der Waals surface area contributed by atoms with Crippen LogP contribution in [0.5, 0.6) is 5.75 Å². The van der Waals surface area contributed by atoms with E-state index in [0.717, 1.165) is 16.7 Å². The highest BCUT2D eigenvalue weighted by molar-refractivity contribution is 5.48. The van der Waals surface area contributed by atoms with Crippen LogP contribution in [0.3, 0.4) is 0 Å². The van der Waals surface area contributed by atoms with E-state index < -0.39 is 4.92 Å². The number of aromatic hydroxyl groups is 1. The van der Waals surface area contributed by atoms with Gasteiger partial charge in [0.05, 0.1) is 9.85 Å². The number of phenols is 1. The van der Waals surface area contributed by atoms with Crippen molar-refractivity contribution in [3.05, 3.63) is 72.3 Å². The maximum Gasteiger partial charge on any atom is 0.270 e. The lowest BCUT2D eigenvalue weighted by Gasteiger charge is -2.02. The summed E-state index contributed by atoms with van der Waals surface area (Å²) in [4.78, 5) is 19.9. The average molecular weight is 332 g/mol. The maximum absolute atomic E-state index is 10.4. The Morgan fingerprint density at radius 1 is 0.708 bits per heavy atom. The first kappa shape index (κ1) is 19.1. The van der Waals surface area contributed by atoms with E-state index in [-0.39, 0.29) is 22.0 Å². The van der Waals surface area contributed by atoms with Gasteiger partial charge in [-0.2, -0.15) is 0 Å². The van der Waals surface area contributed by atoms with E-state index in [1.54, 1.807) is 26.0 Å². The molecule has 0 bridgehead atoms. The van der Waals surface area contributed by atoms with Crippen molar-refractivity contribution < 1.29 is 15.0 Å². The van der Waals surface area contributed by atoms with Crippen LogP contribution in [0.1, 0.15) is 27.8 Å². The van der Waals surface area contributed by atoms with E-state index in [1.807, 2.05) is 20.8 Å². The lowest BCUT2D eigenvalue weighted by molar-refractivity contribution is -0.385. The maximum atomic E-state index is 10.4. The first-order chi connectivity index (χ1) is 11.0. The summed E-state index contributed by atoms with van der Waals surface area (Å²) < 4.78 is 0. The van der Waals surface area contributed by atoms with Gasteiger partial charge >= 0.3 is 0 Å². The van der Waals surface area contributed by atoms with Gasteiger partial charge in [0.1, 0.15) is 5.75 Å². The van der Waals surface area contributed by atoms with Crippen LogP contribution in [0, 0.1) is 54.8 Å².